The summed E-state index contributed by atoms with van der Waals surface area (Å²) in [6.07, 6.45) is 0. The van der Waals surface area contributed by atoms with Crippen molar-refractivity contribution < 1.29 is 14.3 Å². The lowest BCUT2D eigenvalue weighted by Gasteiger charge is -2.10. The fraction of sp³-hybridized carbons (Fsp3) is 0.333. The van der Waals surface area contributed by atoms with Crippen LogP contribution in [0.5, 0.6) is 0 Å². The Morgan fingerprint density at radius 1 is 1.35 bits per heavy atom. The number of hydrogen-bond acceptors (Lipinski definition) is 4. The topological polar surface area (TPSA) is 67.4 Å². The van der Waals surface area contributed by atoms with E-state index < -0.39 is 0 Å². The molecule has 5 nitrogen and oxygen atoms in total. The molecular weight excluding hydrogens is 220 g/mol. The maximum absolute atomic E-state index is 11.6. The van der Waals surface area contributed by atoms with Crippen LogP contribution in [0.1, 0.15) is 24.2 Å². The molecule has 0 fully saturated rings. The summed E-state index contributed by atoms with van der Waals surface area (Å²) in [7, 11) is 1.70. The number of nitrogens with one attached hydrogen (secondary N) is 2. The van der Waals surface area contributed by atoms with Gasteiger partial charge in [-0.3, -0.25) is 4.79 Å². The van der Waals surface area contributed by atoms with Crippen LogP contribution < -0.4 is 10.6 Å². The van der Waals surface area contributed by atoms with E-state index in [1.807, 2.05) is 0 Å². The highest BCUT2D eigenvalue weighted by Crippen LogP contribution is 2.21. The first-order chi connectivity index (χ1) is 8.08. The molecule has 0 heterocycles. The molecule has 0 aliphatic carbocycles. The molecule has 0 bridgehead atoms. The molecule has 1 rings (SSSR count). The van der Waals surface area contributed by atoms with Gasteiger partial charge in [-0.25, -0.2) is 4.79 Å². The largest absolute Gasteiger partial charge is 0.462 e. The number of esters is 1. The summed E-state index contributed by atoms with van der Waals surface area (Å²) in [6.45, 7) is 3.51. The third kappa shape index (κ3) is 3.48. The molecular formula is C12H16N2O3. The van der Waals surface area contributed by atoms with E-state index in [2.05, 4.69) is 10.6 Å². The molecule has 0 saturated heterocycles. The van der Waals surface area contributed by atoms with Crippen LogP contribution in [0, 0.1) is 0 Å². The number of hydrogen-bond donors (Lipinski definition) is 2. The van der Waals surface area contributed by atoms with Crippen molar-refractivity contribution in [1.82, 2.24) is 0 Å². The molecule has 5 heteroatoms. The predicted molar refractivity (Wildman–Crippen MR) is 66.2 cm³/mol. The maximum atomic E-state index is 11.6. The molecule has 17 heavy (non-hydrogen) atoms. The fourth-order valence-electron chi connectivity index (χ4n) is 1.42. The van der Waals surface area contributed by atoms with Crippen molar-refractivity contribution in [2.45, 2.75) is 13.8 Å². The molecule has 0 atom stereocenters. The van der Waals surface area contributed by atoms with Gasteiger partial charge in [0.15, 0.2) is 0 Å². The quantitative estimate of drug-likeness (QED) is 0.783. The molecule has 2 N–H and O–H groups in total. The second-order valence-corrected chi connectivity index (χ2v) is 3.41. The third-order valence-electron chi connectivity index (χ3n) is 2.10. The first-order valence-corrected chi connectivity index (χ1v) is 5.35. The SMILES string of the molecule is CCOC(=O)c1ccc(NC(C)=O)cc1NC. The Hall–Kier alpha value is -2.04. The maximum Gasteiger partial charge on any atom is 0.340 e. The van der Waals surface area contributed by atoms with E-state index in [0.717, 1.165) is 0 Å². The number of rotatable bonds is 4. The Morgan fingerprint density at radius 3 is 2.59 bits per heavy atom. The van der Waals surface area contributed by atoms with Gasteiger partial charge in [0.25, 0.3) is 0 Å². The van der Waals surface area contributed by atoms with Crippen molar-refractivity contribution in [1.29, 1.82) is 0 Å². The Kier molecular flexibility index (Phi) is 4.51. The van der Waals surface area contributed by atoms with Gasteiger partial charge in [-0.2, -0.15) is 0 Å². The van der Waals surface area contributed by atoms with E-state index >= 15 is 0 Å². The van der Waals surface area contributed by atoms with Crippen molar-refractivity contribution in [2.75, 3.05) is 24.3 Å². The monoisotopic (exact) mass is 236 g/mol. The third-order valence-corrected chi connectivity index (χ3v) is 2.10. The summed E-state index contributed by atoms with van der Waals surface area (Å²) in [5.74, 6) is -0.540. The summed E-state index contributed by atoms with van der Waals surface area (Å²) >= 11 is 0. The lowest BCUT2D eigenvalue weighted by Crippen LogP contribution is -2.10. The summed E-state index contributed by atoms with van der Waals surface area (Å²) < 4.78 is 4.93. The van der Waals surface area contributed by atoms with E-state index in [-0.39, 0.29) is 11.9 Å². The smallest absolute Gasteiger partial charge is 0.340 e. The fourth-order valence-corrected chi connectivity index (χ4v) is 1.42. The standard InChI is InChI=1S/C12H16N2O3/c1-4-17-12(16)10-6-5-9(14-8(2)15)7-11(10)13-3/h5-7,13H,4H2,1-3H3,(H,14,15). The zero-order valence-electron chi connectivity index (χ0n) is 10.2. The second kappa shape index (κ2) is 5.89. The van der Waals surface area contributed by atoms with Crippen LogP contribution in [-0.4, -0.2) is 25.5 Å². The van der Waals surface area contributed by atoms with Gasteiger partial charge in [0.2, 0.25) is 5.91 Å². The first kappa shape index (κ1) is 13.0. The Bertz CT molecular complexity index is 430. The van der Waals surface area contributed by atoms with Gasteiger partial charge in [-0.05, 0) is 25.1 Å². The van der Waals surface area contributed by atoms with Crippen molar-refractivity contribution in [3.63, 3.8) is 0 Å². The summed E-state index contributed by atoms with van der Waals surface area (Å²) in [6, 6.07) is 4.97. The van der Waals surface area contributed by atoms with Crippen LogP contribution in [0.15, 0.2) is 18.2 Å². The Labute approximate surface area is 100 Å². The number of carbonyl (C=O) groups excluding carboxylic acids is 2. The van der Waals surface area contributed by atoms with E-state index in [0.29, 0.717) is 23.5 Å². The Morgan fingerprint density at radius 2 is 2.06 bits per heavy atom. The van der Waals surface area contributed by atoms with Crippen molar-refractivity contribution >= 4 is 23.3 Å². The molecule has 92 valence electrons. The van der Waals surface area contributed by atoms with E-state index in [4.69, 9.17) is 4.74 Å². The average molecular weight is 236 g/mol. The molecule has 1 amide bonds. The minimum Gasteiger partial charge on any atom is -0.462 e. The molecule has 0 unspecified atom stereocenters. The van der Waals surface area contributed by atoms with E-state index in [1.165, 1.54) is 6.92 Å². The number of amides is 1. The number of anilines is 2. The van der Waals surface area contributed by atoms with Crippen LogP contribution in [0.25, 0.3) is 0 Å². The molecule has 0 aliphatic rings. The van der Waals surface area contributed by atoms with E-state index in [9.17, 15) is 9.59 Å². The zero-order valence-corrected chi connectivity index (χ0v) is 10.2. The van der Waals surface area contributed by atoms with Crippen molar-refractivity contribution in [3.8, 4) is 0 Å². The molecule has 0 aromatic heterocycles. The Balaban J connectivity index is 3.00. The number of carbonyl (C=O) groups is 2. The summed E-state index contributed by atoms with van der Waals surface area (Å²) in [5, 5.41) is 5.54. The lowest BCUT2D eigenvalue weighted by atomic mass is 10.1. The van der Waals surface area contributed by atoms with Gasteiger partial charge >= 0.3 is 5.97 Å². The van der Waals surface area contributed by atoms with Gasteiger partial charge < -0.3 is 15.4 Å². The average Bonchev–Trinajstić information content (AvgIpc) is 2.28. The zero-order chi connectivity index (χ0) is 12.8. The minimum absolute atomic E-state index is 0.157. The highest BCUT2D eigenvalue weighted by molar-refractivity contribution is 5.97. The number of ether oxygens (including phenoxy) is 1. The summed E-state index contributed by atoms with van der Waals surface area (Å²) in [4.78, 5) is 22.5. The van der Waals surface area contributed by atoms with Crippen molar-refractivity contribution in [2.24, 2.45) is 0 Å². The van der Waals surface area contributed by atoms with Gasteiger partial charge in [-0.15, -0.1) is 0 Å². The van der Waals surface area contributed by atoms with Gasteiger partial charge in [0, 0.05) is 19.7 Å². The van der Waals surface area contributed by atoms with Crippen LogP contribution in [-0.2, 0) is 9.53 Å². The van der Waals surface area contributed by atoms with Crippen LogP contribution in [0.2, 0.25) is 0 Å². The predicted octanol–water partition coefficient (Wildman–Crippen LogP) is 1.86. The van der Waals surface area contributed by atoms with Gasteiger partial charge in [0.05, 0.1) is 17.9 Å². The van der Waals surface area contributed by atoms with Gasteiger partial charge in [0.1, 0.15) is 0 Å². The molecule has 0 radical (unpaired) electrons. The molecule has 0 saturated carbocycles. The van der Waals surface area contributed by atoms with E-state index in [1.54, 1.807) is 32.2 Å². The molecule has 1 aromatic rings. The van der Waals surface area contributed by atoms with Crippen LogP contribution in [0.4, 0.5) is 11.4 Å². The second-order valence-electron chi connectivity index (χ2n) is 3.41. The summed E-state index contributed by atoms with van der Waals surface area (Å²) in [5.41, 5.74) is 1.70. The van der Waals surface area contributed by atoms with Crippen LogP contribution in [0.3, 0.4) is 0 Å². The molecule has 1 aromatic carbocycles. The number of benzene rings is 1. The van der Waals surface area contributed by atoms with Crippen LogP contribution >= 0.6 is 0 Å². The molecule has 0 spiro atoms. The lowest BCUT2D eigenvalue weighted by molar-refractivity contribution is -0.114. The van der Waals surface area contributed by atoms with Gasteiger partial charge in [-0.1, -0.05) is 0 Å². The minimum atomic E-state index is -0.383. The normalized spacial score (nSPS) is 9.59. The van der Waals surface area contributed by atoms with Crippen molar-refractivity contribution in [3.05, 3.63) is 23.8 Å². The highest BCUT2D eigenvalue weighted by atomic mass is 16.5. The molecule has 0 aliphatic heterocycles. The first-order valence-electron chi connectivity index (χ1n) is 5.35. The highest BCUT2D eigenvalue weighted by Gasteiger charge is 2.12.